The number of halogens is 2. The van der Waals surface area contributed by atoms with Crippen molar-refractivity contribution in [2.45, 2.75) is 25.4 Å². The molecule has 0 bridgehead atoms. The topological polar surface area (TPSA) is 53.0 Å². The molecule has 0 unspecified atom stereocenters. The zero-order valence-electron chi connectivity index (χ0n) is 12.1. The SMILES string of the molecule is O=c1n(Cc2ccc(Cl)cc2Cl)nc(-c2ccco2)n1C1CC1. The van der Waals surface area contributed by atoms with Crippen LogP contribution >= 0.6 is 23.2 Å². The Kier molecular flexibility index (Phi) is 3.54. The number of nitrogens with zero attached hydrogens (tertiary/aromatic N) is 3. The fraction of sp³-hybridized carbons (Fsp3) is 0.250. The van der Waals surface area contributed by atoms with Gasteiger partial charge in [-0.3, -0.25) is 4.57 Å². The van der Waals surface area contributed by atoms with Gasteiger partial charge in [-0.15, -0.1) is 5.10 Å². The van der Waals surface area contributed by atoms with Crippen LogP contribution in [0, 0.1) is 0 Å². The van der Waals surface area contributed by atoms with E-state index in [1.54, 1.807) is 41.2 Å². The van der Waals surface area contributed by atoms with Crippen molar-refractivity contribution >= 4 is 23.2 Å². The second-order valence-electron chi connectivity index (χ2n) is 5.58. The maximum absolute atomic E-state index is 12.7. The van der Waals surface area contributed by atoms with E-state index in [0.717, 1.165) is 18.4 Å². The smallest absolute Gasteiger partial charge is 0.346 e. The first-order chi connectivity index (χ1) is 11.1. The van der Waals surface area contributed by atoms with Crippen molar-refractivity contribution in [3.63, 3.8) is 0 Å². The Balaban J connectivity index is 1.77. The molecular formula is C16H13Cl2N3O2. The molecule has 3 aromatic rings. The maximum atomic E-state index is 12.7. The summed E-state index contributed by atoms with van der Waals surface area (Å²) in [5, 5.41) is 5.53. The number of benzene rings is 1. The van der Waals surface area contributed by atoms with Gasteiger partial charge in [0, 0.05) is 16.1 Å². The van der Waals surface area contributed by atoms with Gasteiger partial charge in [0.2, 0.25) is 5.82 Å². The average molecular weight is 350 g/mol. The first kappa shape index (κ1) is 14.6. The Hall–Kier alpha value is -1.98. The van der Waals surface area contributed by atoms with E-state index in [1.807, 2.05) is 0 Å². The van der Waals surface area contributed by atoms with Crippen LogP contribution in [0.1, 0.15) is 24.4 Å². The number of hydrogen-bond acceptors (Lipinski definition) is 3. The van der Waals surface area contributed by atoms with Crippen LogP contribution in [0.3, 0.4) is 0 Å². The summed E-state index contributed by atoms with van der Waals surface area (Å²) in [7, 11) is 0. The molecule has 118 valence electrons. The van der Waals surface area contributed by atoms with Crippen molar-refractivity contribution in [1.29, 1.82) is 0 Å². The van der Waals surface area contributed by atoms with Crippen molar-refractivity contribution in [3.05, 3.63) is 62.7 Å². The van der Waals surface area contributed by atoms with Crippen molar-refractivity contribution in [2.24, 2.45) is 0 Å². The molecule has 1 saturated carbocycles. The highest BCUT2D eigenvalue weighted by molar-refractivity contribution is 6.35. The van der Waals surface area contributed by atoms with Crippen LogP contribution in [0.15, 0.2) is 45.8 Å². The molecule has 4 rings (SSSR count). The summed E-state index contributed by atoms with van der Waals surface area (Å²) in [4.78, 5) is 12.7. The minimum atomic E-state index is -0.148. The van der Waals surface area contributed by atoms with E-state index < -0.39 is 0 Å². The predicted molar refractivity (Wildman–Crippen MR) is 88.0 cm³/mol. The molecule has 0 N–H and O–H groups in total. The summed E-state index contributed by atoms with van der Waals surface area (Å²) in [5.41, 5.74) is 0.648. The molecule has 1 aliphatic rings. The molecule has 0 amide bonds. The summed E-state index contributed by atoms with van der Waals surface area (Å²) in [6.45, 7) is 0.294. The molecule has 7 heteroatoms. The van der Waals surface area contributed by atoms with Crippen LogP contribution in [0.25, 0.3) is 11.6 Å². The third kappa shape index (κ3) is 2.71. The maximum Gasteiger partial charge on any atom is 0.346 e. The molecular weight excluding hydrogens is 337 g/mol. The summed E-state index contributed by atoms with van der Waals surface area (Å²) < 4.78 is 8.55. The van der Waals surface area contributed by atoms with E-state index in [0.29, 0.717) is 28.2 Å². The Morgan fingerprint density at radius 1 is 1.26 bits per heavy atom. The van der Waals surface area contributed by atoms with Crippen molar-refractivity contribution < 1.29 is 4.42 Å². The molecule has 5 nitrogen and oxygen atoms in total. The van der Waals surface area contributed by atoms with Crippen molar-refractivity contribution in [3.8, 4) is 11.6 Å². The van der Waals surface area contributed by atoms with E-state index >= 15 is 0 Å². The summed E-state index contributed by atoms with van der Waals surface area (Å²) in [6, 6.07) is 9.01. The van der Waals surface area contributed by atoms with Gasteiger partial charge in [-0.05, 0) is 42.7 Å². The van der Waals surface area contributed by atoms with Crippen LogP contribution in [-0.4, -0.2) is 14.3 Å². The van der Waals surface area contributed by atoms with Crippen LogP contribution in [-0.2, 0) is 6.54 Å². The molecule has 0 aliphatic heterocycles. The van der Waals surface area contributed by atoms with Crippen LogP contribution in [0.2, 0.25) is 10.0 Å². The lowest BCUT2D eigenvalue weighted by Crippen LogP contribution is -2.25. The van der Waals surface area contributed by atoms with E-state index in [9.17, 15) is 4.79 Å². The van der Waals surface area contributed by atoms with E-state index in [1.165, 1.54) is 4.68 Å². The molecule has 0 atom stereocenters. The minimum Gasteiger partial charge on any atom is -0.461 e. The van der Waals surface area contributed by atoms with E-state index in [2.05, 4.69) is 5.10 Å². The minimum absolute atomic E-state index is 0.148. The van der Waals surface area contributed by atoms with Crippen LogP contribution < -0.4 is 5.69 Å². The summed E-state index contributed by atoms with van der Waals surface area (Å²) in [5.74, 6) is 1.16. The molecule has 1 aromatic carbocycles. The first-order valence-corrected chi connectivity index (χ1v) is 8.06. The fourth-order valence-corrected chi connectivity index (χ4v) is 3.04. The number of hydrogen-bond donors (Lipinski definition) is 0. The van der Waals surface area contributed by atoms with Crippen molar-refractivity contribution in [1.82, 2.24) is 14.3 Å². The predicted octanol–water partition coefficient (Wildman–Crippen LogP) is 3.99. The van der Waals surface area contributed by atoms with Crippen LogP contribution in [0.4, 0.5) is 0 Å². The zero-order valence-corrected chi connectivity index (χ0v) is 13.6. The molecule has 2 aromatic heterocycles. The zero-order chi connectivity index (χ0) is 16.0. The average Bonchev–Trinajstić information content (AvgIpc) is 3.09. The largest absolute Gasteiger partial charge is 0.461 e. The monoisotopic (exact) mass is 349 g/mol. The Morgan fingerprint density at radius 2 is 2.09 bits per heavy atom. The van der Waals surface area contributed by atoms with Crippen LogP contribution in [0.5, 0.6) is 0 Å². The normalized spacial score (nSPS) is 14.3. The highest BCUT2D eigenvalue weighted by atomic mass is 35.5. The van der Waals surface area contributed by atoms with Gasteiger partial charge in [-0.25, -0.2) is 9.48 Å². The van der Waals surface area contributed by atoms with Gasteiger partial charge < -0.3 is 4.42 Å². The highest BCUT2D eigenvalue weighted by Crippen LogP contribution is 2.36. The Morgan fingerprint density at radius 3 is 2.74 bits per heavy atom. The second-order valence-corrected chi connectivity index (χ2v) is 6.42. The molecule has 0 radical (unpaired) electrons. The lowest BCUT2D eigenvalue weighted by Gasteiger charge is -2.03. The lowest BCUT2D eigenvalue weighted by molar-refractivity contribution is 0.568. The molecule has 0 saturated heterocycles. The van der Waals surface area contributed by atoms with Gasteiger partial charge in [0.25, 0.3) is 0 Å². The quantitative estimate of drug-likeness (QED) is 0.715. The Labute approximate surface area is 142 Å². The third-order valence-electron chi connectivity index (χ3n) is 3.86. The number of furan rings is 1. The summed E-state index contributed by atoms with van der Waals surface area (Å²) in [6.07, 6.45) is 3.55. The number of aromatic nitrogens is 3. The third-order valence-corrected chi connectivity index (χ3v) is 4.45. The summed E-state index contributed by atoms with van der Waals surface area (Å²) >= 11 is 12.1. The highest BCUT2D eigenvalue weighted by Gasteiger charge is 2.31. The van der Waals surface area contributed by atoms with E-state index in [4.69, 9.17) is 27.6 Å². The molecule has 23 heavy (non-hydrogen) atoms. The van der Waals surface area contributed by atoms with Gasteiger partial charge in [0.05, 0.1) is 12.8 Å². The fourth-order valence-electron chi connectivity index (χ4n) is 2.57. The first-order valence-electron chi connectivity index (χ1n) is 7.30. The standard InChI is InChI=1S/C16H13Cl2N3O2/c17-11-4-3-10(13(18)8-11)9-20-16(22)21(12-5-6-12)15(19-20)14-2-1-7-23-14/h1-4,7-8,12H,5-6,9H2. The van der Waals surface area contributed by atoms with Gasteiger partial charge in [-0.2, -0.15) is 0 Å². The Bertz CT molecular complexity index is 908. The van der Waals surface area contributed by atoms with Gasteiger partial charge >= 0.3 is 5.69 Å². The van der Waals surface area contributed by atoms with Crippen molar-refractivity contribution in [2.75, 3.05) is 0 Å². The lowest BCUT2D eigenvalue weighted by atomic mass is 10.2. The van der Waals surface area contributed by atoms with Gasteiger partial charge in [0.15, 0.2) is 5.76 Å². The second kappa shape index (κ2) is 5.58. The molecule has 0 spiro atoms. The van der Waals surface area contributed by atoms with Gasteiger partial charge in [0.1, 0.15) is 0 Å². The number of rotatable bonds is 4. The van der Waals surface area contributed by atoms with Gasteiger partial charge in [-0.1, -0.05) is 29.3 Å². The molecule has 1 fully saturated rings. The van der Waals surface area contributed by atoms with E-state index in [-0.39, 0.29) is 11.7 Å². The molecule has 1 aliphatic carbocycles. The molecule has 2 heterocycles.